The second kappa shape index (κ2) is 4.90. The molecule has 4 aliphatic carbocycles. The van der Waals surface area contributed by atoms with Crippen LogP contribution in [0.25, 0.3) is 0 Å². The Kier molecular flexibility index (Phi) is 3.47. The fourth-order valence-electron chi connectivity index (χ4n) is 4.78. The molecule has 3 nitrogen and oxygen atoms in total. The molecule has 0 aromatic heterocycles. The zero-order valence-electron chi connectivity index (χ0n) is 11.2. The van der Waals surface area contributed by atoms with Crippen LogP contribution in [0, 0.1) is 29.6 Å². The van der Waals surface area contributed by atoms with E-state index >= 15 is 0 Å². The number of hydrogen-bond acceptors (Lipinski definition) is 2. The van der Waals surface area contributed by atoms with Crippen LogP contribution in [0.1, 0.15) is 32.1 Å². The molecule has 1 amide bonds. The minimum absolute atomic E-state index is 0.136. The van der Waals surface area contributed by atoms with Crippen LogP contribution in [-0.4, -0.2) is 29.8 Å². The van der Waals surface area contributed by atoms with Crippen molar-refractivity contribution in [2.45, 2.75) is 44.4 Å². The average molecular weight is 291 g/mol. The Morgan fingerprint density at radius 1 is 1.10 bits per heavy atom. The molecule has 0 aromatic carbocycles. The molecule has 0 radical (unpaired) electrons. The summed E-state index contributed by atoms with van der Waals surface area (Å²) in [6, 6.07) is 0. The number of rotatable bonds is 3. The number of amides is 1. The van der Waals surface area contributed by atoms with Crippen LogP contribution in [0.15, 0.2) is 0 Å². The molecule has 2 N–H and O–H groups in total. The highest BCUT2D eigenvalue weighted by Gasteiger charge is 2.51. The lowest BCUT2D eigenvalue weighted by atomic mass is 9.51. The van der Waals surface area contributed by atoms with Gasteiger partial charge in [-0.3, -0.25) is 4.79 Å². The summed E-state index contributed by atoms with van der Waals surface area (Å²) >= 11 is 0. The molecule has 4 fully saturated rings. The topological polar surface area (TPSA) is 49.3 Å². The fourth-order valence-corrected chi connectivity index (χ4v) is 4.78. The Bertz CT molecular complexity index is 368. The normalized spacial score (nSPS) is 40.7. The third-order valence-corrected chi connectivity index (χ3v) is 5.38. The molecule has 0 saturated heterocycles. The summed E-state index contributed by atoms with van der Waals surface area (Å²) in [7, 11) is 0. The first-order chi connectivity index (χ1) is 9.34. The summed E-state index contributed by atoms with van der Waals surface area (Å²) in [6.45, 7) is -0.731. The number of nitrogens with one attached hydrogen (secondary N) is 1. The molecule has 4 saturated carbocycles. The minimum atomic E-state index is -4.67. The molecule has 1 atom stereocenters. The van der Waals surface area contributed by atoms with Crippen LogP contribution < -0.4 is 5.32 Å². The van der Waals surface area contributed by atoms with E-state index in [0.717, 1.165) is 37.5 Å². The van der Waals surface area contributed by atoms with Crippen LogP contribution in [0.2, 0.25) is 0 Å². The Labute approximate surface area is 115 Å². The Morgan fingerprint density at radius 2 is 1.60 bits per heavy atom. The molecule has 0 aromatic rings. The molecule has 0 spiro atoms. The van der Waals surface area contributed by atoms with E-state index in [1.165, 1.54) is 6.42 Å². The Morgan fingerprint density at radius 3 is 2.05 bits per heavy atom. The van der Waals surface area contributed by atoms with Gasteiger partial charge >= 0.3 is 6.18 Å². The molecule has 1 unspecified atom stereocenters. The van der Waals surface area contributed by atoms with Gasteiger partial charge in [0.05, 0.1) is 6.54 Å². The van der Waals surface area contributed by atoms with E-state index < -0.39 is 18.8 Å². The molecular weight excluding hydrogens is 271 g/mol. The van der Waals surface area contributed by atoms with Crippen molar-refractivity contribution in [3.63, 3.8) is 0 Å². The van der Waals surface area contributed by atoms with Crippen LogP contribution in [0.3, 0.4) is 0 Å². The van der Waals surface area contributed by atoms with Crippen molar-refractivity contribution >= 4 is 5.91 Å². The minimum Gasteiger partial charge on any atom is -0.382 e. The van der Waals surface area contributed by atoms with E-state index in [9.17, 15) is 18.0 Å². The molecular formula is C14H20F3NO2. The number of aliphatic hydroxyl groups excluding tert-OH is 1. The van der Waals surface area contributed by atoms with Crippen molar-refractivity contribution in [2.24, 2.45) is 29.6 Å². The van der Waals surface area contributed by atoms with Gasteiger partial charge in [-0.2, -0.15) is 13.2 Å². The zero-order valence-corrected chi connectivity index (χ0v) is 11.2. The highest BCUT2D eigenvalue weighted by atomic mass is 19.4. The number of aliphatic hydroxyl groups is 1. The van der Waals surface area contributed by atoms with E-state index in [4.69, 9.17) is 5.11 Å². The van der Waals surface area contributed by atoms with Gasteiger partial charge in [-0.15, -0.1) is 0 Å². The summed E-state index contributed by atoms with van der Waals surface area (Å²) in [6.07, 6.45) is -1.67. The van der Waals surface area contributed by atoms with Crippen LogP contribution in [0.5, 0.6) is 0 Å². The quantitative estimate of drug-likeness (QED) is 0.836. The largest absolute Gasteiger partial charge is 0.416 e. The van der Waals surface area contributed by atoms with Gasteiger partial charge in [-0.05, 0) is 55.8 Å². The Hall–Kier alpha value is -0.780. The maximum absolute atomic E-state index is 12.2. The Balaban J connectivity index is 1.58. The van der Waals surface area contributed by atoms with Crippen molar-refractivity contribution in [1.82, 2.24) is 5.32 Å². The lowest BCUT2D eigenvalue weighted by Gasteiger charge is -2.53. The molecule has 6 heteroatoms. The summed E-state index contributed by atoms with van der Waals surface area (Å²) < 4.78 is 36.7. The van der Waals surface area contributed by atoms with Crippen molar-refractivity contribution < 1.29 is 23.1 Å². The molecule has 114 valence electrons. The van der Waals surface area contributed by atoms with Crippen LogP contribution >= 0.6 is 0 Å². The standard InChI is InChI=1S/C14H20F3NO2/c15-14(16,17)11(19)6-18-13(20)12-9-2-7-1-8(4-9)5-10(12)3-7/h7-12,19H,1-6H2,(H,18,20). The third kappa shape index (κ3) is 2.54. The maximum Gasteiger partial charge on any atom is 0.416 e. The number of carbonyl (C=O) groups is 1. The van der Waals surface area contributed by atoms with Crippen molar-refractivity contribution in [3.8, 4) is 0 Å². The number of halogens is 3. The fraction of sp³-hybridized carbons (Fsp3) is 0.929. The monoisotopic (exact) mass is 291 g/mol. The smallest absolute Gasteiger partial charge is 0.382 e. The van der Waals surface area contributed by atoms with Gasteiger partial charge in [-0.25, -0.2) is 0 Å². The molecule has 0 heterocycles. The number of carbonyl (C=O) groups excluding carboxylic acids is 1. The maximum atomic E-state index is 12.2. The predicted octanol–water partition coefficient (Wildman–Crippen LogP) is 2.10. The van der Waals surface area contributed by atoms with E-state index in [1.54, 1.807) is 0 Å². The van der Waals surface area contributed by atoms with E-state index in [1.807, 2.05) is 0 Å². The lowest BCUT2D eigenvalue weighted by Crippen LogP contribution is -2.52. The van der Waals surface area contributed by atoms with Gasteiger partial charge in [0.2, 0.25) is 5.91 Å². The third-order valence-electron chi connectivity index (χ3n) is 5.38. The van der Waals surface area contributed by atoms with Crippen molar-refractivity contribution in [2.75, 3.05) is 6.54 Å². The van der Waals surface area contributed by atoms with Gasteiger partial charge in [-0.1, -0.05) is 0 Å². The van der Waals surface area contributed by atoms with E-state index in [-0.39, 0.29) is 11.8 Å². The summed E-state index contributed by atoms with van der Waals surface area (Å²) in [5, 5.41) is 11.3. The van der Waals surface area contributed by atoms with E-state index in [2.05, 4.69) is 5.32 Å². The van der Waals surface area contributed by atoms with Crippen molar-refractivity contribution in [3.05, 3.63) is 0 Å². The van der Waals surface area contributed by atoms with Crippen molar-refractivity contribution in [1.29, 1.82) is 0 Å². The highest BCUT2D eigenvalue weighted by molar-refractivity contribution is 5.79. The number of alkyl halides is 3. The van der Waals surface area contributed by atoms with Gasteiger partial charge in [0.15, 0.2) is 6.10 Å². The summed E-state index contributed by atoms with van der Waals surface area (Å²) in [5.41, 5.74) is 0. The number of hydrogen-bond donors (Lipinski definition) is 2. The molecule has 4 bridgehead atoms. The second-order valence-electron chi connectivity index (χ2n) is 6.76. The summed E-state index contributed by atoms with van der Waals surface area (Å²) in [4.78, 5) is 12.2. The lowest BCUT2D eigenvalue weighted by molar-refractivity contribution is -0.202. The predicted molar refractivity (Wildman–Crippen MR) is 65.6 cm³/mol. The first kappa shape index (κ1) is 14.2. The molecule has 20 heavy (non-hydrogen) atoms. The first-order valence-corrected chi connectivity index (χ1v) is 7.37. The zero-order chi connectivity index (χ0) is 14.5. The van der Waals surface area contributed by atoms with Crippen LogP contribution in [0.4, 0.5) is 13.2 Å². The average Bonchev–Trinajstić information content (AvgIpc) is 2.33. The van der Waals surface area contributed by atoms with Crippen LogP contribution in [-0.2, 0) is 4.79 Å². The SMILES string of the molecule is O=C(NCC(O)C(F)(F)F)C1C2CC3CC(C2)CC1C3. The van der Waals surface area contributed by atoms with Gasteiger partial charge in [0, 0.05) is 5.92 Å². The second-order valence-corrected chi connectivity index (χ2v) is 6.76. The highest BCUT2D eigenvalue weighted by Crippen LogP contribution is 2.56. The van der Waals surface area contributed by atoms with E-state index in [0.29, 0.717) is 11.8 Å². The summed E-state index contributed by atoms with van der Waals surface area (Å²) in [5.74, 6) is 1.71. The first-order valence-electron chi connectivity index (χ1n) is 7.37. The molecule has 4 rings (SSSR count). The molecule has 0 aliphatic heterocycles. The van der Waals surface area contributed by atoms with Gasteiger partial charge in [0.25, 0.3) is 0 Å². The van der Waals surface area contributed by atoms with Gasteiger partial charge in [0.1, 0.15) is 0 Å². The molecule has 4 aliphatic rings. The van der Waals surface area contributed by atoms with Gasteiger partial charge < -0.3 is 10.4 Å².